The van der Waals surface area contributed by atoms with Gasteiger partial charge in [-0.05, 0) is 62.4 Å². The standard InChI is InChI=1S/C22H26N4OS2/c1-15-9-12-19(13-16(15)2)24-21-25-26-22(29-21)28-14-20(27)23-17(3)10-11-18-7-5-4-6-8-18/h4-9,12-13,17H,10-11,14H2,1-3H3,(H,23,27)(H,24,25). The molecule has 0 radical (unpaired) electrons. The Bertz CT molecular complexity index is 943. The molecule has 0 aliphatic rings. The van der Waals surface area contributed by atoms with Crippen LogP contribution in [0.3, 0.4) is 0 Å². The number of anilines is 2. The Morgan fingerprint density at radius 2 is 1.90 bits per heavy atom. The molecule has 1 heterocycles. The molecular formula is C22H26N4OS2. The molecule has 2 N–H and O–H groups in total. The van der Waals surface area contributed by atoms with Gasteiger partial charge in [0.15, 0.2) is 4.34 Å². The molecular weight excluding hydrogens is 400 g/mol. The number of aryl methyl sites for hydroxylation is 3. The molecule has 1 amide bonds. The average Bonchev–Trinajstić information content (AvgIpc) is 3.16. The predicted molar refractivity (Wildman–Crippen MR) is 122 cm³/mol. The zero-order chi connectivity index (χ0) is 20.6. The van der Waals surface area contributed by atoms with Crippen LogP contribution in [0.2, 0.25) is 0 Å². The summed E-state index contributed by atoms with van der Waals surface area (Å²) in [5, 5.41) is 15.4. The second-order valence-electron chi connectivity index (χ2n) is 7.08. The highest BCUT2D eigenvalue weighted by Crippen LogP contribution is 2.28. The van der Waals surface area contributed by atoms with E-state index in [1.807, 2.05) is 31.2 Å². The van der Waals surface area contributed by atoms with Crippen molar-refractivity contribution in [3.63, 3.8) is 0 Å². The molecule has 0 aliphatic heterocycles. The number of aromatic nitrogens is 2. The Kier molecular flexibility index (Phi) is 7.66. The minimum atomic E-state index is 0.0226. The first-order valence-electron chi connectivity index (χ1n) is 9.63. The molecule has 7 heteroatoms. The van der Waals surface area contributed by atoms with Gasteiger partial charge in [-0.3, -0.25) is 4.79 Å². The van der Waals surface area contributed by atoms with Gasteiger partial charge in [-0.1, -0.05) is 59.5 Å². The Morgan fingerprint density at radius 1 is 1.10 bits per heavy atom. The fourth-order valence-electron chi connectivity index (χ4n) is 2.81. The van der Waals surface area contributed by atoms with Crippen molar-refractivity contribution in [3.8, 4) is 0 Å². The van der Waals surface area contributed by atoms with E-state index in [1.54, 1.807) is 0 Å². The van der Waals surface area contributed by atoms with Crippen LogP contribution in [0, 0.1) is 13.8 Å². The smallest absolute Gasteiger partial charge is 0.230 e. The molecule has 3 aromatic rings. The van der Waals surface area contributed by atoms with E-state index in [-0.39, 0.29) is 11.9 Å². The maximum Gasteiger partial charge on any atom is 0.230 e. The third-order valence-electron chi connectivity index (χ3n) is 4.61. The van der Waals surface area contributed by atoms with Crippen molar-refractivity contribution < 1.29 is 4.79 Å². The molecule has 0 bridgehead atoms. The normalized spacial score (nSPS) is 11.8. The van der Waals surface area contributed by atoms with Crippen LogP contribution in [0.1, 0.15) is 30.0 Å². The summed E-state index contributed by atoms with van der Waals surface area (Å²) in [4.78, 5) is 12.2. The highest BCUT2D eigenvalue weighted by molar-refractivity contribution is 8.01. The monoisotopic (exact) mass is 426 g/mol. The maximum atomic E-state index is 12.2. The molecule has 0 fully saturated rings. The van der Waals surface area contributed by atoms with E-state index in [0.717, 1.165) is 28.0 Å². The molecule has 3 rings (SSSR count). The van der Waals surface area contributed by atoms with Crippen molar-refractivity contribution in [2.24, 2.45) is 0 Å². The van der Waals surface area contributed by atoms with Gasteiger partial charge in [0, 0.05) is 11.7 Å². The van der Waals surface area contributed by atoms with Gasteiger partial charge in [0.1, 0.15) is 0 Å². The summed E-state index contributed by atoms with van der Waals surface area (Å²) in [6.07, 6.45) is 1.88. The topological polar surface area (TPSA) is 66.9 Å². The van der Waals surface area contributed by atoms with Crippen molar-refractivity contribution in [2.75, 3.05) is 11.1 Å². The van der Waals surface area contributed by atoms with Gasteiger partial charge in [-0.15, -0.1) is 10.2 Å². The van der Waals surface area contributed by atoms with Crippen LogP contribution in [0.4, 0.5) is 10.8 Å². The SMILES string of the molecule is Cc1ccc(Nc2nnc(SCC(=O)NC(C)CCc3ccccc3)s2)cc1C. The molecule has 2 aromatic carbocycles. The van der Waals surface area contributed by atoms with Gasteiger partial charge < -0.3 is 10.6 Å². The van der Waals surface area contributed by atoms with Crippen LogP contribution in [-0.2, 0) is 11.2 Å². The van der Waals surface area contributed by atoms with E-state index in [1.165, 1.54) is 39.8 Å². The first-order chi connectivity index (χ1) is 14.0. The van der Waals surface area contributed by atoms with Crippen LogP contribution in [0.15, 0.2) is 52.9 Å². The number of carbonyl (C=O) groups is 1. The molecule has 0 spiro atoms. The van der Waals surface area contributed by atoms with E-state index in [2.05, 4.69) is 58.9 Å². The zero-order valence-corrected chi connectivity index (χ0v) is 18.6. The Balaban J connectivity index is 1.41. The summed E-state index contributed by atoms with van der Waals surface area (Å²) < 4.78 is 0.781. The predicted octanol–water partition coefficient (Wildman–Crippen LogP) is 5.13. The van der Waals surface area contributed by atoms with Crippen LogP contribution in [0.5, 0.6) is 0 Å². The minimum absolute atomic E-state index is 0.0226. The van der Waals surface area contributed by atoms with E-state index >= 15 is 0 Å². The molecule has 1 unspecified atom stereocenters. The van der Waals surface area contributed by atoms with Gasteiger partial charge in [0.05, 0.1) is 5.75 Å². The average molecular weight is 427 g/mol. The van der Waals surface area contributed by atoms with Crippen LogP contribution in [-0.4, -0.2) is 27.9 Å². The molecule has 5 nitrogen and oxygen atoms in total. The summed E-state index contributed by atoms with van der Waals surface area (Å²) in [5.41, 5.74) is 4.77. The quantitative estimate of drug-likeness (QED) is 0.465. The van der Waals surface area contributed by atoms with Crippen LogP contribution in [0.25, 0.3) is 0 Å². The lowest BCUT2D eigenvalue weighted by Crippen LogP contribution is -2.34. The first-order valence-corrected chi connectivity index (χ1v) is 11.4. The lowest BCUT2D eigenvalue weighted by atomic mass is 10.1. The number of rotatable bonds is 9. The molecule has 29 heavy (non-hydrogen) atoms. The minimum Gasteiger partial charge on any atom is -0.353 e. The lowest BCUT2D eigenvalue weighted by Gasteiger charge is -2.13. The summed E-state index contributed by atoms with van der Waals surface area (Å²) in [5.74, 6) is 0.364. The number of hydrogen-bond donors (Lipinski definition) is 2. The highest BCUT2D eigenvalue weighted by Gasteiger charge is 2.11. The number of carbonyl (C=O) groups excluding carboxylic acids is 1. The molecule has 0 saturated heterocycles. The molecule has 1 atom stereocenters. The van der Waals surface area contributed by atoms with Crippen molar-refractivity contribution in [1.82, 2.24) is 15.5 Å². The van der Waals surface area contributed by atoms with Crippen molar-refractivity contribution in [3.05, 3.63) is 65.2 Å². The third-order valence-corrected chi connectivity index (χ3v) is 6.58. The van der Waals surface area contributed by atoms with Crippen molar-refractivity contribution >= 4 is 39.8 Å². The molecule has 152 valence electrons. The van der Waals surface area contributed by atoms with Gasteiger partial charge in [-0.2, -0.15) is 0 Å². The third kappa shape index (κ3) is 6.87. The van der Waals surface area contributed by atoms with Gasteiger partial charge in [0.2, 0.25) is 11.0 Å². The largest absolute Gasteiger partial charge is 0.353 e. The fourth-order valence-corrected chi connectivity index (χ4v) is 4.39. The number of nitrogens with one attached hydrogen (secondary N) is 2. The first kappa shape index (κ1) is 21.3. The molecule has 0 aliphatic carbocycles. The van der Waals surface area contributed by atoms with Crippen LogP contribution < -0.4 is 10.6 Å². The van der Waals surface area contributed by atoms with E-state index < -0.39 is 0 Å². The van der Waals surface area contributed by atoms with E-state index in [4.69, 9.17) is 0 Å². The van der Waals surface area contributed by atoms with Crippen molar-refractivity contribution in [1.29, 1.82) is 0 Å². The number of benzene rings is 2. The van der Waals surface area contributed by atoms with E-state index in [0.29, 0.717) is 5.75 Å². The number of hydrogen-bond acceptors (Lipinski definition) is 6. The summed E-state index contributed by atoms with van der Waals surface area (Å²) >= 11 is 2.87. The number of nitrogens with zero attached hydrogens (tertiary/aromatic N) is 2. The molecule has 0 saturated carbocycles. The summed E-state index contributed by atoms with van der Waals surface area (Å²) in [6.45, 7) is 6.22. The molecule has 1 aromatic heterocycles. The maximum absolute atomic E-state index is 12.2. The van der Waals surface area contributed by atoms with E-state index in [9.17, 15) is 4.79 Å². The zero-order valence-electron chi connectivity index (χ0n) is 16.9. The van der Waals surface area contributed by atoms with Gasteiger partial charge >= 0.3 is 0 Å². The second-order valence-corrected chi connectivity index (χ2v) is 9.28. The number of amides is 1. The van der Waals surface area contributed by atoms with Gasteiger partial charge in [0.25, 0.3) is 0 Å². The number of thioether (sulfide) groups is 1. The highest BCUT2D eigenvalue weighted by atomic mass is 32.2. The lowest BCUT2D eigenvalue weighted by molar-refractivity contribution is -0.119. The van der Waals surface area contributed by atoms with Gasteiger partial charge in [-0.25, -0.2) is 0 Å². The van der Waals surface area contributed by atoms with Crippen LogP contribution >= 0.6 is 23.1 Å². The van der Waals surface area contributed by atoms with Crippen molar-refractivity contribution in [2.45, 2.75) is 44.0 Å². The Hall–Kier alpha value is -2.38. The Morgan fingerprint density at radius 3 is 2.66 bits per heavy atom. The summed E-state index contributed by atoms with van der Waals surface area (Å²) in [7, 11) is 0. The Labute approximate surface area is 180 Å². The fraction of sp³-hybridized carbons (Fsp3) is 0.318. The second kappa shape index (κ2) is 10.4. The summed E-state index contributed by atoms with van der Waals surface area (Å²) in [6, 6.07) is 16.7.